The quantitative estimate of drug-likeness (QED) is 0.769. The van der Waals surface area contributed by atoms with Gasteiger partial charge in [0.05, 0.1) is 5.56 Å². The van der Waals surface area contributed by atoms with Crippen molar-refractivity contribution in [3.8, 4) is 6.07 Å². The van der Waals surface area contributed by atoms with Crippen molar-refractivity contribution in [3.05, 3.63) is 35.7 Å². The van der Waals surface area contributed by atoms with Gasteiger partial charge in [0, 0.05) is 18.4 Å². The Morgan fingerprint density at radius 2 is 2.38 bits per heavy atom. The predicted octanol–water partition coefficient (Wildman–Crippen LogP) is 1.72. The van der Waals surface area contributed by atoms with Gasteiger partial charge in [0.25, 0.3) is 0 Å². The van der Waals surface area contributed by atoms with Crippen molar-refractivity contribution in [1.82, 2.24) is 10.3 Å². The van der Waals surface area contributed by atoms with Gasteiger partial charge in [-0.3, -0.25) is 4.98 Å². The maximum Gasteiger partial charge on any atom is 0.101 e. The molecule has 1 aliphatic carbocycles. The average molecular weight is 211 g/mol. The summed E-state index contributed by atoms with van der Waals surface area (Å²) in [5.74, 6) is 0.751. The third kappa shape index (κ3) is 1.52. The van der Waals surface area contributed by atoms with Gasteiger partial charge in [0.15, 0.2) is 0 Å². The summed E-state index contributed by atoms with van der Waals surface area (Å²) >= 11 is 0. The number of rotatable bonds is 1. The third-order valence-electron chi connectivity index (χ3n) is 3.50. The molecule has 0 bridgehead atoms. The van der Waals surface area contributed by atoms with E-state index in [-0.39, 0.29) is 0 Å². The minimum atomic E-state index is 0.542. The second kappa shape index (κ2) is 3.73. The van der Waals surface area contributed by atoms with E-state index in [1.165, 1.54) is 12.0 Å². The van der Waals surface area contributed by atoms with E-state index < -0.39 is 0 Å². The molecular formula is C13H13N3. The summed E-state index contributed by atoms with van der Waals surface area (Å²) in [5.41, 5.74) is 3.09. The smallest absolute Gasteiger partial charge is 0.101 e. The Balaban J connectivity index is 1.91. The van der Waals surface area contributed by atoms with Crippen molar-refractivity contribution in [2.24, 2.45) is 5.92 Å². The fourth-order valence-electron chi connectivity index (χ4n) is 2.66. The van der Waals surface area contributed by atoms with Gasteiger partial charge < -0.3 is 5.32 Å². The van der Waals surface area contributed by atoms with Crippen LogP contribution in [-0.4, -0.2) is 17.6 Å². The van der Waals surface area contributed by atoms with E-state index in [9.17, 15) is 0 Å². The van der Waals surface area contributed by atoms with Crippen LogP contribution in [0.15, 0.2) is 24.5 Å². The zero-order valence-corrected chi connectivity index (χ0v) is 8.98. The van der Waals surface area contributed by atoms with Crippen molar-refractivity contribution in [2.45, 2.75) is 18.9 Å². The molecule has 2 atom stereocenters. The van der Waals surface area contributed by atoms with Gasteiger partial charge in [-0.15, -0.1) is 0 Å². The Morgan fingerprint density at radius 3 is 3.19 bits per heavy atom. The number of allylic oxidation sites excluding steroid dienone is 1. The van der Waals surface area contributed by atoms with Gasteiger partial charge in [-0.1, -0.05) is 6.08 Å². The summed E-state index contributed by atoms with van der Waals surface area (Å²) in [6.07, 6.45) is 8.14. The first-order valence-corrected chi connectivity index (χ1v) is 5.66. The van der Waals surface area contributed by atoms with Crippen LogP contribution < -0.4 is 5.32 Å². The largest absolute Gasteiger partial charge is 0.310 e. The van der Waals surface area contributed by atoms with Crippen LogP contribution in [-0.2, 0) is 0 Å². The molecule has 0 spiro atoms. The molecule has 1 N–H and O–H groups in total. The first kappa shape index (κ1) is 9.56. The second-order valence-corrected chi connectivity index (χ2v) is 4.50. The molecule has 3 nitrogen and oxygen atoms in total. The molecule has 1 fully saturated rings. The average Bonchev–Trinajstić information content (AvgIpc) is 2.89. The number of hydrogen-bond acceptors (Lipinski definition) is 3. The van der Waals surface area contributed by atoms with Crippen LogP contribution >= 0.6 is 0 Å². The second-order valence-electron chi connectivity index (χ2n) is 4.50. The van der Waals surface area contributed by atoms with E-state index in [0.717, 1.165) is 24.4 Å². The van der Waals surface area contributed by atoms with Crippen LogP contribution in [0.25, 0.3) is 5.57 Å². The zero-order valence-electron chi connectivity index (χ0n) is 8.98. The van der Waals surface area contributed by atoms with Gasteiger partial charge in [0.1, 0.15) is 6.07 Å². The molecule has 1 aromatic rings. The van der Waals surface area contributed by atoms with Gasteiger partial charge in [-0.05, 0) is 42.5 Å². The SMILES string of the molecule is N#Cc1cncc(C2=C[C@H]3NCC[C@H]3C2)c1. The van der Waals surface area contributed by atoms with E-state index in [4.69, 9.17) is 5.26 Å². The number of hydrogen-bond donors (Lipinski definition) is 1. The number of aromatic nitrogens is 1. The molecule has 0 radical (unpaired) electrons. The Morgan fingerprint density at radius 1 is 1.44 bits per heavy atom. The fraction of sp³-hybridized carbons (Fsp3) is 0.385. The highest BCUT2D eigenvalue weighted by Crippen LogP contribution is 2.36. The lowest BCUT2D eigenvalue weighted by Gasteiger charge is -2.06. The van der Waals surface area contributed by atoms with Gasteiger partial charge >= 0.3 is 0 Å². The Kier molecular flexibility index (Phi) is 2.23. The predicted molar refractivity (Wildman–Crippen MR) is 61.4 cm³/mol. The summed E-state index contributed by atoms with van der Waals surface area (Å²) in [4.78, 5) is 4.11. The summed E-state index contributed by atoms with van der Waals surface area (Å²) in [7, 11) is 0. The van der Waals surface area contributed by atoms with Crippen molar-refractivity contribution in [2.75, 3.05) is 6.54 Å². The molecule has 2 aliphatic rings. The summed E-state index contributed by atoms with van der Waals surface area (Å²) in [6.45, 7) is 1.13. The molecule has 3 rings (SSSR count). The zero-order chi connectivity index (χ0) is 11.0. The van der Waals surface area contributed by atoms with Crippen LogP contribution in [0.5, 0.6) is 0 Å². The maximum atomic E-state index is 8.84. The Labute approximate surface area is 94.8 Å². The van der Waals surface area contributed by atoms with Crippen LogP contribution in [0.1, 0.15) is 24.0 Å². The summed E-state index contributed by atoms with van der Waals surface area (Å²) in [5, 5.41) is 12.3. The monoisotopic (exact) mass is 211 g/mol. The number of nitrogens with zero attached hydrogens (tertiary/aromatic N) is 2. The number of pyridine rings is 1. The number of nitrogens with one attached hydrogen (secondary N) is 1. The minimum absolute atomic E-state index is 0.542. The van der Waals surface area contributed by atoms with Gasteiger partial charge in [0.2, 0.25) is 0 Å². The highest BCUT2D eigenvalue weighted by Gasteiger charge is 2.31. The lowest BCUT2D eigenvalue weighted by molar-refractivity contribution is 0.553. The Bertz CT molecular complexity index is 484. The molecular weight excluding hydrogens is 198 g/mol. The van der Waals surface area contributed by atoms with E-state index in [0.29, 0.717) is 11.6 Å². The molecule has 0 saturated carbocycles. The minimum Gasteiger partial charge on any atom is -0.310 e. The molecule has 0 aromatic carbocycles. The molecule has 2 heterocycles. The maximum absolute atomic E-state index is 8.84. The highest BCUT2D eigenvalue weighted by molar-refractivity contribution is 5.69. The van der Waals surface area contributed by atoms with Gasteiger partial charge in [-0.2, -0.15) is 5.26 Å². The lowest BCUT2D eigenvalue weighted by atomic mass is 9.99. The van der Waals surface area contributed by atoms with Crippen molar-refractivity contribution < 1.29 is 0 Å². The van der Waals surface area contributed by atoms with E-state index in [1.54, 1.807) is 6.20 Å². The molecule has 0 amide bonds. The van der Waals surface area contributed by atoms with Crippen molar-refractivity contribution in [1.29, 1.82) is 5.26 Å². The van der Waals surface area contributed by atoms with Gasteiger partial charge in [-0.25, -0.2) is 0 Å². The molecule has 16 heavy (non-hydrogen) atoms. The molecule has 1 aromatic heterocycles. The van der Waals surface area contributed by atoms with E-state index in [1.807, 2.05) is 12.3 Å². The summed E-state index contributed by atoms with van der Waals surface area (Å²) < 4.78 is 0. The summed E-state index contributed by atoms with van der Waals surface area (Å²) in [6, 6.07) is 4.61. The topological polar surface area (TPSA) is 48.7 Å². The van der Waals surface area contributed by atoms with Crippen LogP contribution in [0.3, 0.4) is 0 Å². The van der Waals surface area contributed by atoms with E-state index >= 15 is 0 Å². The Hall–Kier alpha value is -1.66. The first-order valence-electron chi connectivity index (χ1n) is 5.66. The number of nitriles is 1. The first-order chi connectivity index (χ1) is 7.86. The molecule has 0 unspecified atom stereocenters. The lowest BCUT2D eigenvalue weighted by Crippen LogP contribution is -2.20. The third-order valence-corrected chi connectivity index (χ3v) is 3.50. The number of fused-ring (bicyclic) bond motifs is 1. The standard InChI is InChI=1S/C13H13N3/c14-6-9-3-12(8-15-7-9)11-4-10-1-2-16-13(10)5-11/h3,5,7-8,10,13,16H,1-2,4H2/t10-,13+/m0/s1. The molecule has 80 valence electrons. The van der Waals surface area contributed by atoms with Crippen molar-refractivity contribution >= 4 is 5.57 Å². The highest BCUT2D eigenvalue weighted by atomic mass is 15.0. The molecule has 1 saturated heterocycles. The normalized spacial score (nSPS) is 27.3. The van der Waals surface area contributed by atoms with Crippen LogP contribution in [0, 0.1) is 17.2 Å². The van der Waals surface area contributed by atoms with Crippen molar-refractivity contribution in [3.63, 3.8) is 0 Å². The van der Waals surface area contributed by atoms with Crippen LogP contribution in [0.2, 0.25) is 0 Å². The van der Waals surface area contributed by atoms with Crippen LogP contribution in [0.4, 0.5) is 0 Å². The van der Waals surface area contributed by atoms with E-state index in [2.05, 4.69) is 22.4 Å². The molecule has 3 heteroatoms. The fourth-order valence-corrected chi connectivity index (χ4v) is 2.66. The molecule has 1 aliphatic heterocycles.